The van der Waals surface area contributed by atoms with E-state index in [0.717, 1.165) is 31.7 Å². The van der Waals surface area contributed by atoms with Gasteiger partial charge >= 0.3 is 0 Å². The molecule has 4 heteroatoms. The number of nitrogens with zero attached hydrogens (tertiary/aromatic N) is 2. The first-order valence-electron chi connectivity index (χ1n) is 7.80. The van der Waals surface area contributed by atoms with Crippen LogP contribution >= 0.6 is 0 Å². The zero-order chi connectivity index (χ0) is 15.4. The smallest absolute Gasteiger partial charge is 0.119 e. The Hall–Kier alpha value is -1.10. The standard InChI is InChI=1S/C17H29N3O/c1-19(2)10-5-11-20(3)16-9-6-13-12-14(21-4)7-8-15(13)17(16)18/h7-8,12,16-17H,5-6,9-11,18H2,1-4H3. The summed E-state index contributed by atoms with van der Waals surface area (Å²) in [7, 11) is 8.16. The highest BCUT2D eigenvalue weighted by Gasteiger charge is 2.29. The molecule has 0 saturated carbocycles. The second-order valence-corrected chi connectivity index (χ2v) is 6.33. The molecule has 1 aromatic rings. The van der Waals surface area contributed by atoms with Crippen molar-refractivity contribution in [2.45, 2.75) is 31.3 Å². The van der Waals surface area contributed by atoms with Crippen LogP contribution in [0.3, 0.4) is 0 Å². The van der Waals surface area contributed by atoms with Crippen LogP contribution in [-0.2, 0) is 6.42 Å². The average molecular weight is 291 g/mol. The van der Waals surface area contributed by atoms with E-state index in [-0.39, 0.29) is 6.04 Å². The van der Waals surface area contributed by atoms with Crippen LogP contribution in [0.25, 0.3) is 0 Å². The zero-order valence-electron chi connectivity index (χ0n) is 13.8. The predicted molar refractivity (Wildman–Crippen MR) is 87.8 cm³/mol. The molecule has 0 radical (unpaired) electrons. The highest BCUT2D eigenvalue weighted by molar-refractivity contribution is 5.40. The van der Waals surface area contributed by atoms with E-state index in [9.17, 15) is 0 Å². The molecular formula is C17H29N3O. The Labute approximate surface area is 128 Å². The number of nitrogens with two attached hydrogens (primary N) is 1. The Balaban J connectivity index is 2.00. The van der Waals surface area contributed by atoms with Crippen molar-refractivity contribution in [2.75, 3.05) is 41.3 Å². The fraction of sp³-hybridized carbons (Fsp3) is 0.647. The summed E-state index contributed by atoms with van der Waals surface area (Å²) >= 11 is 0. The van der Waals surface area contributed by atoms with Gasteiger partial charge in [-0.05, 0) is 76.8 Å². The molecule has 0 aliphatic heterocycles. The second kappa shape index (κ2) is 7.25. The topological polar surface area (TPSA) is 41.7 Å². The van der Waals surface area contributed by atoms with Gasteiger partial charge in [0.15, 0.2) is 0 Å². The lowest BCUT2D eigenvalue weighted by Gasteiger charge is -2.37. The Morgan fingerprint density at radius 2 is 2.00 bits per heavy atom. The van der Waals surface area contributed by atoms with Gasteiger partial charge in [-0.1, -0.05) is 6.07 Å². The molecule has 0 spiro atoms. The molecule has 118 valence electrons. The molecule has 1 aliphatic rings. The Morgan fingerprint density at radius 1 is 1.24 bits per heavy atom. The molecule has 0 saturated heterocycles. The van der Waals surface area contributed by atoms with Gasteiger partial charge in [-0.25, -0.2) is 0 Å². The minimum absolute atomic E-state index is 0.101. The van der Waals surface area contributed by atoms with Crippen LogP contribution in [-0.4, -0.2) is 57.2 Å². The van der Waals surface area contributed by atoms with Gasteiger partial charge in [0, 0.05) is 12.1 Å². The van der Waals surface area contributed by atoms with E-state index in [2.05, 4.69) is 43.1 Å². The lowest BCUT2D eigenvalue weighted by atomic mass is 9.83. The largest absolute Gasteiger partial charge is 0.497 e. The minimum Gasteiger partial charge on any atom is -0.497 e. The van der Waals surface area contributed by atoms with E-state index < -0.39 is 0 Å². The summed E-state index contributed by atoms with van der Waals surface area (Å²) in [5.74, 6) is 0.929. The number of ether oxygens (including phenoxy) is 1. The highest BCUT2D eigenvalue weighted by atomic mass is 16.5. The molecular weight excluding hydrogens is 262 g/mol. The van der Waals surface area contributed by atoms with Crippen molar-refractivity contribution >= 4 is 0 Å². The van der Waals surface area contributed by atoms with Crippen molar-refractivity contribution in [1.82, 2.24) is 9.80 Å². The van der Waals surface area contributed by atoms with Crippen LogP contribution < -0.4 is 10.5 Å². The first-order valence-corrected chi connectivity index (χ1v) is 7.80. The molecule has 0 aromatic heterocycles. The van der Waals surface area contributed by atoms with Crippen molar-refractivity contribution < 1.29 is 4.74 Å². The third-order valence-corrected chi connectivity index (χ3v) is 4.52. The van der Waals surface area contributed by atoms with E-state index in [4.69, 9.17) is 10.5 Å². The molecule has 2 unspecified atom stereocenters. The van der Waals surface area contributed by atoms with Gasteiger partial charge in [-0.2, -0.15) is 0 Å². The van der Waals surface area contributed by atoms with Gasteiger partial charge in [0.05, 0.1) is 7.11 Å². The third-order valence-electron chi connectivity index (χ3n) is 4.52. The number of aryl methyl sites for hydroxylation is 1. The summed E-state index contributed by atoms with van der Waals surface area (Å²) in [6.45, 7) is 2.22. The van der Waals surface area contributed by atoms with Gasteiger partial charge in [-0.15, -0.1) is 0 Å². The van der Waals surface area contributed by atoms with Crippen molar-refractivity contribution in [3.8, 4) is 5.75 Å². The number of methoxy groups -OCH3 is 1. The molecule has 2 N–H and O–H groups in total. The number of hydrogen-bond donors (Lipinski definition) is 1. The Morgan fingerprint density at radius 3 is 2.67 bits per heavy atom. The summed E-state index contributed by atoms with van der Waals surface area (Å²) in [6.07, 6.45) is 3.39. The van der Waals surface area contributed by atoms with Crippen molar-refractivity contribution in [1.29, 1.82) is 0 Å². The molecule has 1 aromatic carbocycles. The van der Waals surface area contributed by atoms with Crippen LogP contribution in [0.15, 0.2) is 18.2 Å². The summed E-state index contributed by atoms with van der Waals surface area (Å²) in [4.78, 5) is 4.66. The fourth-order valence-electron chi connectivity index (χ4n) is 3.24. The Bertz CT molecular complexity index is 461. The molecule has 21 heavy (non-hydrogen) atoms. The number of rotatable bonds is 6. The third kappa shape index (κ3) is 3.96. The molecule has 2 atom stereocenters. The summed E-state index contributed by atoms with van der Waals surface area (Å²) < 4.78 is 5.31. The molecule has 2 rings (SSSR count). The van der Waals surface area contributed by atoms with E-state index in [1.807, 2.05) is 6.07 Å². The lowest BCUT2D eigenvalue weighted by Crippen LogP contribution is -2.44. The SMILES string of the molecule is COc1ccc2c(c1)CCC(N(C)CCCN(C)C)C2N. The molecule has 4 nitrogen and oxygen atoms in total. The highest BCUT2D eigenvalue weighted by Crippen LogP contribution is 2.33. The number of fused-ring (bicyclic) bond motifs is 1. The van der Waals surface area contributed by atoms with Crippen LogP contribution in [0.2, 0.25) is 0 Å². The minimum atomic E-state index is 0.101. The average Bonchev–Trinajstić information content (AvgIpc) is 2.46. The first-order chi connectivity index (χ1) is 10.0. The van der Waals surface area contributed by atoms with Gasteiger partial charge in [-0.3, -0.25) is 0 Å². The van der Waals surface area contributed by atoms with E-state index in [0.29, 0.717) is 6.04 Å². The maximum Gasteiger partial charge on any atom is 0.119 e. The van der Waals surface area contributed by atoms with Crippen LogP contribution in [0, 0.1) is 0 Å². The summed E-state index contributed by atoms with van der Waals surface area (Å²) in [6, 6.07) is 6.83. The number of likely N-dealkylation sites (N-methyl/N-ethyl adjacent to an activating group) is 1. The fourth-order valence-corrected chi connectivity index (χ4v) is 3.24. The van der Waals surface area contributed by atoms with Gasteiger partial charge in [0.25, 0.3) is 0 Å². The molecule has 0 bridgehead atoms. The van der Waals surface area contributed by atoms with Crippen LogP contribution in [0.4, 0.5) is 0 Å². The number of benzene rings is 1. The van der Waals surface area contributed by atoms with Crippen LogP contribution in [0.1, 0.15) is 30.0 Å². The lowest BCUT2D eigenvalue weighted by molar-refractivity contribution is 0.184. The molecule has 1 aliphatic carbocycles. The molecule has 0 amide bonds. The summed E-state index contributed by atoms with van der Waals surface area (Å²) in [5.41, 5.74) is 9.15. The molecule has 0 heterocycles. The Kier molecular flexibility index (Phi) is 5.62. The normalized spacial score (nSPS) is 21.7. The van der Waals surface area contributed by atoms with E-state index >= 15 is 0 Å². The quantitative estimate of drug-likeness (QED) is 0.869. The predicted octanol–water partition coefficient (Wildman–Crippen LogP) is 1.89. The number of hydrogen-bond acceptors (Lipinski definition) is 4. The first kappa shape index (κ1) is 16.3. The zero-order valence-corrected chi connectivity index (χ0v) is 13.8. The maximum atomic E-state index is 6.52. The maximum absolute atomic E-state index is 6.52. The van der Waals surface area contributed by atoms with Crippen LogP contribution in [0.5, 0.6) is 5.75 Å². The van der Waals surface area contributed by atoms with E-state index in [1.54, 1.807) is 7.11 Å². The summed E-state index contributed by atoms with van der Waals surface area (Å²) in [5, 5.41) is 0. The van der Waals surface area contributed by atoms with Gasteiger partial charge < -0.3 is 20.3 Å². The van der Waals surface area contributed by atoms with Crippen molar-refractivity contribution in [3.63, 3.8) is 0 Å². The van der Waals surface area contributed by atoms with E-state index in [1.165, 1.54) is 17.5 Å². The second-order valence-electron chi connectivity index (χ2n) is 6.33. The van der Waals surface area contributed by atoms with Gasteiger partial charge in [0.2, 0.25) is 0 Å². The molecule has 0 fully saturated rings. The monoisotopic (exact) mass is 291 g/mol. The van der Waals surface area contributed by atoms with Gasteiger partial charge in [0.1, 0.15) is 5.75 Å². The van der Waals surface area contributed by atoms with Crippen molar-refractivity contribution in [3.05, 3.63) is 29.3 Å². The van der Waals surface area contributed by atoms with Crippen molar-refractivity contribution in [2.24, 2.45) is 5.73 Å².